The summed E-state index contributed by atoms with van der Waals surface area (Å²) in [5.41, 5.74) is 0. The zero-order chi connectivity index (χ0) is 14.0. The number of hydrogen-bond donors (Lipinski definition) is 0. The highest BCUT2D eigenvalue weighted by atomic mass is 127. The van der Waals surface area contributed by atoms with E-state index in [-0.39, 0.29) is 12.3 Å². The molecule has 2 saturated heterocycles. The van der Waals surface area contributed by atoms with Gasteiger partial charge in [0.2, 0.25) is 0 Å². The molecular weight excluding hydrogens is 382 g/mol. The molecule has 4 unspecified atom stereocenters. The molecule has 19 heavy (non-hydrogen) atoms. The maximum absolute atomic E-state index is 13.0. The maximum Gasteiger partial charge on any atom is 0.404 e. The van der Waals surface area contributed by atoms with Gasteiger partial charge >= 0.3 is 6.18 Å². The summed E-state index contributed by atoms with van der Waals surface area (Å²) < 4.78 is 65.5. The van der Waals surface area contributed by atoms with Gasteiger partial charge in [-0.1, -0.05) is 0 Å². The van der Waals surface area contributed by atoms with E-state index in [4.69, 9.17) is 0 Å². The monoisotopic (exact) mass is 396 g/mol. The number of halogens is 6. The molecular formula is C11H14F5IN2. The normalized spacial score (nSPS) is 42.6. The van der Waals surface area contributed by atoms with Crippen LogP contribution in [0.15, 0.2) is 0 Å². The summed E-state index contributed by atoms with van der Waals surface area (Å²) in [5, 5.41) is 0. The Kier molecular flexibility index (Phi) is 3.30. The van der Waals surface area contributed by atoms with Gasteiger partial charge in [0.25, 0.3) is 5.92 Å². The SMILES string of the molecule is FC(F)(F)C1CC(CN2CC3C(C2)C3(F)F)CN1I. The molecule has 0 N–H and O–H groups in total. The highest BCUT2D eigenvalue weighted by Gasteiger charge is 2.71. The maximum atomic E-state index is 13.0. The largest absolute Gasteiger partial charge is 0.404 e. The van der Waals surface area contributed by atoms with Gasteiger partial charge in [-0.2, -0.15) is 13.2 Å². The fraction of sp³-hybridized carbons (Fsp3) is 1.00. The second-order valence-corrected chi connectivity index (χ2v) is 7.09. The predicted molar refractivity (Wildman–Crippen MR) is 67.0 cm³/mol. The van der Waals surface area contributed by atoms with Crippen molar-refractivity contribution in [3.05, 3.63) is 0 Å². The molecule has 110 valence electrons. The Morgan fingerprint density at radius 1 is 1.11 bits per heavy atom. The van der Waals surface area contributed by atoms with Crippen LogP contribution in [0.4, 0.5) is 22.0 Å². The van der Waals surface area contributed by atoms with Gasteiger partial charge < -0.3 is 4.90 Å². The molecule has 2 aliphatic heterocycles. The molecule has 2 heterocycles. The van der Waals surface area contributed by atoms with Crippen LogP contribution in [-0.4, -0.2) is 52.3 Å². The lowest BCUT2D eigenvalue weighted by Crippen LogP contribution is -2.35. The highest BCUT2D eigenvalue weighted by molar-refractivity contribution is 14.1. The first-order valence-corrected chi connectivity index (χ1v) is 7.25. The molecule has 1 aliphatic carbocycles. The minimum atomic E-state index is -4.20. The standard InChI is InChI=1S/C11H14F5IN2/c12-10(13)7-4-18(5-8(7)10)2-6-1-9(11(14,15)16)19(17)3-6/h6-9H,1-5H2. The average Bonchev–Trinajstić information content (AvgIpc) is 2.70. The van der Waals surface area contributed by atoms with Crippen molar-refractivity contribution in [3.8, 4) is 0 Å². The van der Waals surface area contributed by atoms with E-state index in [1.165, 1.54) is 3.11 Å². The van der Waals surface area contributed by atoms with Crippen molar-refractivity contribution in [2.75, 3.05) is 26.2 Å². The molecule has 0 aromatic heterocycles. The molecule has 0 spiro atoms. The first kappa shape index (κ1) is 14.2. The van der Waals surface area contributed by atoms with Crippen molar-refractivity contribution in [2.45, 2.75) is 24.6 Å². The molecule has 0 amide bonds. The van der Waals surface area contributed by atoms with Crippen LogP contribution in [0.2, 0.25) is 0 Å². The summed E-state index contributed by atoms with van der Waals surface area (Å²) in [7, 11) is 0. The van der Waals surface area contributed by atoms with Crippen molar-refractivity contribution >= 4 is 22.9 Å². The molecule has 1 saturated carbocycles. The van der Waals surface area contributed by atoms with E-state index in [0.29, 0.717) is 26.2 Å². The van der Waals surface area contributed by atoms with E-state index in [9.17, 15) is 22.0 Å². The molecule has 2 nitrogen and oxygen atoms in total. The molecule has 0 aromatic rings. The van der Waals surface area contributed by atoms with Gasteiger partial charge in [-0.05, 0) is 12.3 Å². The number of nitrogens with zero attached hydrogens (tertiary/aromatic N) is 2. The lowest BCUT2D eigenvalue weighted by molar-refractivity contribution is -0.162. The van der Waals surface area contributed by atoms with Crippen LogP contribution in [0.3, 0.4) is 0 Å². The molecule has 4 atom stereocenters. The van der Waals surface area contributed by atoms with Gasteiger partial charge in [-0.25, -0.2) is 11.9 Å². The molecule has 3 aliphatic rings. The van der Waals surface area contributed by atoms with Gasteiger partial charge in [0.05, 0.1) is 0 Å². The Bertz CT molecular complexity index is 361. The molecule has 3 rings (SSSR count). The number of fused-ring (bicyclic) bond motifs is 1. The summed E-state index contributed by atoms with van der Waals surface area (Å²) in [6.07, 6.45) is -4.12. The Morgan fingerprint density at radius 2 is 1.68 bits per heavy atom. The van der Waals surface area contributed by atoms with E-state index in [1.807, 2.05) is 4.90 Å². The average molecular weight is 396 g/mol. The minimum Gasteiger partial charge on any atom is -0.302 e. The van der Waals surface area contributed by atoms with Crippen molar-refractivity contribution < 1.29 is 22.0 Å². The molecule has 0 aromatic carbocycles. The van der Waals surface area contributed by atoms with Crippen LogP contribution < -0.4 is 0 Å². The minimum absolute atomic E-state index is 0.0744. The van der Waals surface area contributed by atoms with Gasteiger partial charge in [0.1, 0.15) is 6.04 Å². The summed E-state index contributed by atoms with van der Waals surface area (Å²) in [6.45, 7) is 1.57. The smallest absolute Gasteiger partial charge is 0.302 e. The Balaban J connectivity index is 1.51. The van der Waals surface area contributed by atoms with Crippen LogP contribution >= 0.6 is 22.9 Å². The number of piperidine rings is 1. The number of likely N-dealkylation sites (tertiary alicyclic amines) is 1. The number of hydrogen-bond acceptors (Lipinski definition) is 2. The quantitative estimate of drug-likeness (QED) is 0.403. The van der Waals surface area contributed by atoms with Crippen LogP contribution in [0, 0.1) is 17.8 Å². The van der Waals surface area contributed by atoms with Gasteiger partial charge in [-0.3, -0.25) is 0 Å². The third kappa shape index (κ3) is 2.48. The fourth-order valence-corrected chi connectivity index (χ4v) is 4.51. The predicted octanol–water partition coefficient (Wildman–Crippen LogP) is 2.79. The third-order valence-corrected chi connectivity index (χ3v) is 5.56. The number of rotatable bonds is 2. The van der Waals surface area contributed by atoms with Crippen LogP contribution in [-0.2, 0) is 0 Å². The second-order valence-electron chi connectivity index (χ2n) is 5.85. The third-order valence-electron chi connectivity index (χ3n) is 4.50. The summed E-state index contributed by atoms with van der Waals surface area (Å²) in [5.74, 6) is -3.70. The van der Waals surface area contributed by atoms with Crippen LogP contribution in [0.5, 0.6) is 0 Å². The molecule has 8 heteroatoms. The van der Waals surface area contributed by atoms with E-state index in [2.05, 4.69) is 0 Å². The molecule has 0 bridgehead atoms. The second kappa shape index (κ2) is 4.40. The fourth-order valence-electron chi connectivity index (χ4n) is 3.41. The topological polar surface area (TPSA) is 6.48 Å². The van der Waals surface area contributed by atoms with Crippen molar-refractivity contribution in [2.24, 2.45) is 17.8 Å². The Morgan fingerprint density at radius 3 is 2.16 bits per heavy atom. The number of alkyl halides is 5. The van der Waals surface area contributed by atoms with Gasteiger partial charge in [-0.15, -0.1) is 0 Å². The van der Waals surface area contributed by atoms with E-state index in [0.717, 1.165) is 0 Å². The Hall–Kier alpha value is 0.300. The highest BCUT2D eigenvalue weighted by Crippen LogP contribution is 2.59. The lowest BCUT2D eigenvalue weighted by Gasteiger charge is -2.22. The summed E-state index contributed by atoms with van der Waals surface area (Å²) in [4.78, 5) is 1.90. The van der Waals surface area contributed by atoms with Crippen LogP contribution in [0.25, 0.3) is 0 Å². The van der Waals surface area contributed by atoms with Gasteiger partial charge in [0.15, 0.2) is 0 Å². The van der Waals surface area contributed by atoms with Crippen molar-refractivity contribution in [1.29, 1.82) is 0 Å². The summed E-state index contributed by atoms with van der Waals surface area (Å²) >= 11 is 1.71. The zero-order valence-corrected chi connectivity index (χ0v) is 12.2. The molecule has 3 fully saturated rings. The Labute approximate surface area is 121 Å². The van der Waals surface area contributed by atoms with Crippen molar-refractivity contribution in [1.82, 2.24) is 8.01 Å². The summed E-state index contributed by atoms with van der Waals surface area (Å²) in [6, 6.07) is -1.39. The van der Waals surface area contributed by atoms with Crippen LogP contribution in [0.1, 0.15) is 6.42 Å². The van der Waals surface area contributed by atoms with E-state index in [1.54, 1.807) is 22.9 Å². The van der Waals surface area contributed by atoms with E-state index >= 15 is 0 Å². The van der Waals surface area contributed by atoms with Crippen molar-refractivity contribution in [3.63, 3.8) is 0 Å². The first-order chi connectivity index (χ1) is 8.69. The lowest BCUT2D eigenvalue weighted by atomic mass is 10.0. The van der Waals surface area contributed by atoms with Gasteiger partial charge in [0, 0.05) is 60.9 Å². The zero-order valence-electron chi connectivity index (χ0n) is 10.0. The molecule has 0 radical (unpaired) electrons. The first-order valence-electron chi connectivity index (χ1n) is 6.29. The van der Waals surface area contributed by atoms with E-state index < -0.39 is 30.0 Å².